The topological polar surface area (TPSA) is 157 Å². The lowest BCUT2D eigenvalue weighted by atomic mass is 10.0. The number of hydrogen-bond acceptors (Lipinski definition) is 8. The number of nitrogens with one attached hydrogen (secondary N) is 3. The molecule has 2 bridgehead atoms. The van der Waals surface area contributed by atoms with Crippen molar-refractivity contribution < 1.29 is 29.0 Å². The zero-order valence-corrected chi connectivity index (χ0v) is 22.0. The van der Waals surface area contributed by atoms with Gasteiger partial charge in [-0.25, -0.2) is 4.79 Å². The molecule has 3 amide bonds. The number of nitrogens with zero attached hydrogens (tertiary/aromatic N) is 3. The molecule has 3 atom stereocenters. The Kier molecular flexibility index (Phi) is 11.5. The van der Waals surface area contributed by atoms with Crippen molar-refractivity contribution in [2.75, 3.05) is 13.2 Å². The van der Waals surface area contributed by atoms with Gasteiger partial charge in [0.2, 0.25) is 11.8 Å². The summed E-state index contributed by atoms with van der Waals surface area (Å²) in [6.07, 6.45) is 3.07. The van der Waals surface area contributed by atoms with E-state index in [4.69, 9.17) is 9.47 Å². The fraction of sp³-hybridized carbons (Fsp3) is 0.577. The Bertz CT molecular complexity index is 1030. The summed E-state index contributed by atoms with van der Waals surface area (Å²) in [5.74, 6) is -0.810. The summed E-state index contributed by atoms with van der Waals surface area (Å²) in [6.45, 7) is 4.45. The SMILES string of the molecule is CC(C)C[C@@H]1NC(=O)[C@@H](NC(=O)OCc2ccccc2)CCCCn2cc(nn2)COC[C@@H](CO)NC1=O. The molecule has 1 aliphatic heterocycles. The zero-order chi connectivity index (χ0) is 27.3. The smallest absolute Gasteiger partial charge is 0.408 e. The number of benzene rings is 1. The number of rotatable bonds is 6. The number of fused-ring (bicyclic) bond motifs is 2. The maximum Gasteiger partial charge on any atom is 0.408 e. The van der Waals surface area contributed by atoms with Gasteiger partial charge in [-0.15, -0.1) is 5.10 Å². The van der Waals surface area contributed by atoms with E-state index in [1.54, 1.807) is 10.9 Å². The first-order valence-corrected chi connectivity index (χ1v) is 13.0. The second-order valence-corrected chi connectivity index (χ2v) is 9.82. The number of aliphatic hydroxyl groups excluding tert-OH is 1. The normalized spacial score (nSPS) is 21.7. The maximum atomic E-state index is 13.3. The molecule has 1 aromatic carbocycles. The molecule has 0 fully saturated rings. The molecule has 0 radical (unpaired) electrons. The predicted octanol–water partition coefficient (Wildman–Crippen LogP) is 1.28. The monoisotopic (exact) mass is 530 g/mol. The van der Waals surface area contributed by atoms with E-state index in [0.29, 0.717) is 37.9 Å². The molecule has 0 saturated heterocycles. The van der Waals surface area contributed by atoms with Crippen LogP contribution >= 0.6 is 0 Å². The highest BCUT2D eigenvalue weighted by atomic mass is 16.5. The van der Waals surface area contributed by atoms with Gasteiger partial charge in [0, 0.05) is 6.54 Å². The number of alkyl carbamates (subject to hydrolysis) is 1. The summed E-state index contributed by atoms with van der Waals surface area (Å²) in [4.78, 5) is 38.9. The van der Waals surface area contributed by atoms with E-state index >= 15 is 0 Å². The molecule has 3 rings (SSSR count). The van der Waals surface area contributed by atoms with Gasteiger partial charge in [0.1, 0.15) is 24.4 Å². The zero-order valence-electron chi connectivity index (χ0n) is 22.0. The van der Waals surface area contributed by atoms with Crippen LogP contribution in [0, 0.1) is 5.92 Å². The molecule has 2 heterocycles. The van der Waals surface area contributed by atoms with E-state index in [9.17, 15) is 19.5 Å². The van der Waals surface area contributed by atoms with E-state index in [-0.39, 0.29) is 32.3 Å². The molecule has 0 saturated carbocycles. The summed E-state index contributed by atoms with van der Waals surface area (Å²) >= 11 is 0. The Morgan fingerprint density at radius 3 is 2.74 bits per heavy atom. The highest BCUT2D eigenvalue weighted by Gasteiger charge is 2.29. The van der Waals surface area contributed by atoms with E-state index in [1.165, 1.54) is 0 Å². The number of carbonyl (C=O) groups is 3. The van der Waals surface area contributed by atoms with Crippen molar-refractivity contribution in [2.24, 2.45) is 5.92 Å². The largest absolute Gasteiger partial charge is 0.445 e. The molecule has 1 aromatic heterocycles. The quantitative estimate of drug-likeness (QED) is 0.435. The first-order valence-electron chi connectivity index (χ1n) is 13.0. The average molecular weight is 531 g/mol. The molecule has 12 nitrogen and oxygen atoms in total. The van der Waals surface area contributed by atoms with Crippen molar-refractivity contribution in [1.29, 1.82) is 0 Å². The molecule has 208 valence electrons. The number of aromatic nitrogens is 3. The molecular weight excluding hydrogens is 492 g/mol. The fourth-order valence-electron chi connectivity index (χ4n) is 4.03. The Morgan fingerprint density at radius 2 is 2.00 bits per heavy atom. The second-order valence-electron chi connectivity index (χ2n) is 9.82. The molecule has 2 aromatic rings. The van der Waals surface area contributed by atoms with E-state index in [2.05, 4.69) is 26.3 Å². The number of carbonyl (C=O) groups excluding carboxylic acids is 3. The van der Waals surface area contributed by atoms with Gasteiger partial charge in [-0.05, 0) is 37.2 Å². The van der Waals surface area contributed by atoms with E-state index in [1.807, 2.05) is 44.2 Å². The van der Waals surface area contributed by atoms with Crippen molar-refractivity contribution in [3.05, 3.63) is 47.8 Å². The lowest BCUT2D eigenvalue weighted by molar-refractivity contribution is -0.131. The minimum absolute atomic E-state index is 0.0644. The molecule has 0 unspecified atom stereocenters. The summed E-state index contributed by atoms with van der Waals surface area (Å²) in [5.41, 5.74) is 1.46. The van der Waals surface area contributed by atoms with Gasteiger partial charge < -0.3 is 30.5 Å². The van der Waals surface area contributed by atoms with Crippen LogP contribution in [0.2, 0.25) is 0 Å². The van der Waals surface area contributed by atoms with Crippen LogP contribution in [0.5, 0.6) is 0 Å². The van der Waals surface area contributed by atoms with Gasteiger partial charge in [0.25, 0.3) is 0 Å². The average Bonchev–Trinajstić information content (AvgIpc) is 3.35. The highest BCUT2D eigenvalue weighted by Crippen LogP contribution is 2.10. The molecule has 4 N–H and O–H groups in total. The van der Waals surface area contributed by atoms with Gasteiger partial charge in [0.15, 0.2) is 0 Å². The Hall–Kier alpha value is -3.51. The minimum Gasteiger partial charge on any atom is -0.445 e. The Balaban J connectivity index is 1.72. The van der Waals surface area contributed by atoms with Gasteiger partial charge in [0.05, 0.1) is 32.1 Å². The highest BCUT2D eigenvalue weighted by molar-refractivity contribution is 5.91. The van der Waals surface area contributed by atoms with Crippen LogP contribution in [-0.2, 0) is 38.8 Å². The van der Waals surface area contributed by atoms with Crippen LogP contribution in [0.1, 0.15) is 50.8 Å². The number of aryl methyl sites for hydroxylation is 1. The number of aliphatic hydroxyl groups is 1. The second kappa shape index (κ2) is 15.0. The van der Waals surface area contributed by atoms with Crippen LogP contribution in [0.25, 0.3) is 0 Å². The molecule has 0 spiro atoms. The predicted molar refractivity (Wildman–Crippen MR) is 137 cm³/mol. The van der Waals surface area contributed by atoms with Crippen LogP contribution < -0.4 is 16.0 Å². The Labute approximate surface area is 222 Å². The van der Waals surface area contributed by atoms with Crippen molar-refractivity contribution >= 4 is 17.9 Å². The number of hydrogen-bond donors (Lipinski definition) is 4. The number of ether oxygens (including phenoxy) is 2. The summed E-state index contributed by atoms with van der Waals surface area (Å²) in [5, 5.41) is 26.1. The van der Waals surface area contributed by atoms with Gasteiger partial charge in [-0.1, -0.05) is 49.4 Å². The van der Waals surface area contributed by atoms with Gasteiger partial charge >= 0.3 is 6.09 Å². The first kappa shape index (κ1) is 29.1. The van der Waals surface area contributed by atoms with E-state index < -0.39 is 36.0 Å². The maximum absolute atomic E-state index is 13.3. The van der Waals surface area contributed by atoms with Crippen LogP contribution in [0.3, 0.4) is 0 Å². The van der Waals surface area contributed by atoms with Crippen molar-refractivity contribution in [3.8, 4) is 0 Å². The molecule has 1 aliphatic rings. The van der Waals surface area contributed by atoms with E-state index in [0.717, 1.165) is 5.56 Å². The van der Waals surface area contributed by atoms with Crippen molar-refractivity contribution in [3.63, 3.8) is 0 Å². The third-order valence-electron chi connectivity index (χ3n) is 6.01. The van der Waals surface area contributed by atoms with Crippen LogP contribution in [0.4, 0.5) is 4.79 Å². The molecule has 0 aliphatic carbocycles. The molecular formula is C26H38N6O6. The summed E-state index contributed by atoms with van der Waals surface area (Å²) in [6, 6.07) is 6.82. The lowest BCUT2D eigenvalue weighted by Gasteiger charge is -2.26. The van der Waals surface area contributed by atoms with Crippen molar-refractivity contribution in [2.45, 2.75) is 77.4 Å². The van der Waals surface area contributed by atoms with Gasteiger partial charge in [-0.3, -0.25) is 14.3 Å². The van der Waals surface area contributed by atoms with Crippen LogP contribution in [0.15, 0.2) is 36.5 Å². The first-order chi connectivity index (χ1) is 18.3. The fourth-order valence-corrected chi connectivity index (χ4v) is 4.03. The number of amides is 3. The third-order valence-corrected chi connectivity index (χ3v) is 6.01. The Morgan fingerprint density at radius 1 is 1.21 bits per heavy atom. The van der Waals surface area contributed by atoms with Gasteiger partial charge in [-0.2, -0.15) is 0 Å². The molecule has 12 heteroatoms. The minimum atomic E-state index is -0.903. The standard InChI is InChI=1S/C26H38N6O6/c1-18(2)12-23-25(35)27-21(14-33)17-37-16-20-13-32(31-30-20)11-7-6-10-22(24(34)28-23)29-26(36)38-15-19-8-4-3-5-9-19/h3-5,8-9,13,18,21-23,33H,6-7,10-12,14-17H2,1-2H3,(H,27,35)(H,28,34)(H,29,36)/t21-,22+,23+/m1/s1. The third kappa shape index (κ3) is 9.75. The van der Waals surface area contributed by atoms with Crippen molar-refractivity contribution in [1.82, 2.24) is 30.9 Å². The molecule has 38 heavy (non-hydrogen) atoms. The lowest BCUT2D eigenvalue weighted by Crippen LogP contribution is -2.56. The summed E-state index contributed by atoms with van der Waals surface area (Å²) in [7, 11) is 0. The van der Waals surface area contributed by atoms with Crippen LogP contribution in [-0.4, -0.2) is 69.3 Å². The summed E-state index contributed by atoms with van der Waals surface area (Å²) < 4.78 is 12.6.